The van der Waals surface area contributed by atoms with E-state index in [9.17, 15) is 0 Å². The highest BCUT2D eigenvalue weighted by atomic mass is 16.5. The van der Waals surface area contributed by atoms with Gasteiger partial charge in [-0.15, -0.1) is 0 Å². The molecule has 15 heavy (non-hydrogen) atoms. The number of nitrogens with zero attached hydrogens (tertiary/aromatic N) is 2. The topological polar surface area (TPSA) is 84.9 Å². The summed E-state index contributed by atoms with van der Waals surface area (Å²) in [5.74, 6) is 1.49. The van der Waals surface area contributed by atoms with Crippen LogP contribution in [0.3, 0.4) is 0 Å². The Labute approximate surface area is 89.2 Å². The minimum Gasteiger partial charge on any atom is -0.480 e. The maximum absolute atomic E-state index is 7.31. The van der Waals surface area contributed by atoms with Crippen LogP contribution in [0.5, 0.6) is 5.88 Å². The van der Waals surface area contributed by atoms with Gasteiger partial charge in [-0.25, -0.2) is 4.98 Å². The smallest absolute Gasteiger partial charge is 0.227 e. The zero-order valence-corrected chi connectivity index (χ0v) is 9.24. The Hall–Kier alpha value is -1.65. The van der Waals surface area contributed by atoms with E-state index in [-0.39, 0.29) is 5.84 Å². The van der Waals surface area contributed by atoms with Crippen molar-refractivity contribution in [1.82, 2.24) is 9.97 Å². The van der Waals surface area contributed by atoms with Crippen LogP contribution in [0, 0.1) is 11.3 Å². The number of ether oxygens (including phenoxy) is 1. The summed E-state index contributed by atoms with van der Waals surface area (Å²) in [4.78, 5) is 8.34. The molecule has 0 aliphatic heterocycles. The first-order chi connectivity index (χ1) is 7.04. The molecule has 5 nitrogen and oxygen atoms in total. The fourth-order valence-electron chi connectivity index (χ4n) is 1.20. The third-order valence-corrected chi connectivity index (χ3v) is 1.88. The zero-order valence-electron chi connectivity index (χ0n) is 9.24. The van der Waals surface area contributed by atoms with Crippen LogP contribution in [0.25, 0.3) is 0 Å². The van der Waals surface area contributed by atoms with Crippen LogP contribution in [0.15, 0.2) is 6.20 Å². The van der Waals surface area contributed by atoms with Gasteiger partial charge >= 0.3 is 0 Å². The summed E-state index contributed by atoms with van der Waals surface area (Å²) in [5.41, 5.74) is 5.80. The molecule has 1 rings (SSSR count). The zero-order chi connectivity index (χ0) is 11.4. The van der Waals surface area contributed by atoms with E-state index in [0.29, 0.717) is 23.2 Å². The number of nitrogen functional groups attached to an aromatic ring is 1. The van der Waals surface area contributed by atoms with Crippen molar-refractivity contribution < 1.29 is 4.74 Å². The van der Waals surface area contributed by atoms with Gasteiger partial charge in [0, 0.05) is 12.6 Å². The normalized spacial score (nSPS) is 10.4. The van der Waals surface area contributed by atoms with Crippen LogP contribution in [-0.4, -0.2) is 22.9 Å². The van der Waals surface area contributed by atoms with Gasteiger partial charge in [0.15, 0.2) is 0 Å². The van der Waals surface area contributed by atoms with Crippen LogP contribution >= 0.6 is 0 Å². The number of aromatic nitrogens is 2. The van der Waals surface area contributed by atoms with Gasteiger partial charge in [-0.3, -0.25) is 5.41 Å². The van der Waals surface area contributed by atoms with E-state index in [2.05, 4.69) is 23.8 Å². The van der Waals surface area contributed by atoms with Crippen molar-refractivity contribution in [2.24, 2.45) is 11.7 Å². The molecule has 1 aromatic heterocycles. The highest BCUT2D eigenvalue weighted by Crippen LogP contribution is 2.14. The average molecular weight is 208 g/mol. The third-order valence-electron chi connectivity index (χ3n) is 1.88. The van der Waals surface area contributed by atoms with Gasteiger partial charge in [-0.05, 0) is 5.92 Å². The third kappa shape index (κ3) is 2.90. The Morgan fingerprint density at radius 3 is 2.73 bits per heavy atom. The number of nitrogens with two attached hydrogens (primary N) is 1. The van der Waals surface area contributed by atoms with Crippen LogP contribution in [-0.2, 0) is 6.42 Å². The van der Waals surface area contributed by atoms with Crippen LogP contribution < -0.4 is 10.5 Å². The second-order valence-electron chi connectivity index (χ2n) is 3.72. The van der Waals surface area contributed by atoms with Gasteiger partial charge in [-0.2, -0.15) is 4.98 Å². The van der Waals surface area contributed by atoms with Crippen LogP contribution in [0.4, 0.5) is 0 Å². The molecule has 0 atom stereocenters. The first-order valence-corrected chi connectivity index (χ1v) is 4.79. The fraction of sp³-hybridized carbons (Fsp3) is 0.500. The molecule has 0 saturated carbocycles. The van der Waals surface area contributed by atoms with Crippen molar-refractivity contribution in [2.45, 2.75) is 20.3 Å². The second kappa shape index (κ2) is 4.72. The van der Waals surface area contributed by atoms with Gasteiger partial charge in [-0.1, -0.05) is 13.8 Å². The van der Waals surface area contributed by atoms with Gasteiger partial charge in [0.25, 0.3) is 0 Å². The predicted molar refractivity (Wildman–Crippen MR) is 58.1 cm³/mol. The van der Waals surface area contributed by atoms with Crippen molar-refractivity contribution in [2.75, 3.05) is 7.11 Å². The van der Waals surface area contributed by atoms with Gasteiger partial charge < -0.3 is 10.5 Å². The molecule has 0 unspecified atom stereocenters. The Kier molecular flexibility index (Phi) is 3.60. The van der Waals surface area contributed by atoms with E-state index in [4.69, 9.17) is 15.9 Å². The van der Waals surface area contributed by atoms with Crippen molar-refractivity contribution in [3.05, 3.63) is 17.6 Å². The minimum absolute atomic E-state index is 0.0806. The lowest BCUT2D eigenvalue weighted by Crippen LogP contribution is -2.15. The highest BCUT2D eigenvalue weighted by Gasteiger charge is 2.10. The molecule has 0 radical (unpaired) electrons. The van der Waals surface area contributed by atoms with Crippen molar-refractivity contribution in [3.8, 4) is 5.88 Å². The number of methoxy groups -OCH3 is 1. The Morgan fingerprint density at radius 2 is 2.27 bits per heavy atom. The second-order valence-corrected chi connectivity index (χ2v) is 3.72. The molecule has 0 amide bonds. The number of nitrogens with one attached hydrogen (secondary N) is 1. The van der Waals surface area contributed by atoms with Crippen molar-refractivity contribution in [1.29, 1.82) is 5.41 Å². The molecule has 0 fully saturated rings. The lowest BCUT2D eigenvalue weighted by Gasteiger charge is -2.08. The number of hydrogen-bond acceptors (Lipinski definition) is 4. The Morgan fingerprint density at radius 1 is 1.60 bits per heavy atom. The van der Waals surface area contributed by atoms with E-state index in [1.807, 2.05) is 0 Å². The summed E-state index contributed by atoms with van der Waals surface area (Å²) >= 11 is 0. The lowest BCUT2D eigenvalue weighted by molar-refractivity contribution is 0.392. The largest absolute Gasteiger partial charge is 0.480 e. The summed E-state index contributed by atoms with van der Waals surface area (Å²) < 4.78 is 5.06. The van der Waals surface area contributed by atoms with Gasteiger partial charge in [0.2, 0.25) is 5.88 Å². The lowest BCUT2D eigenvalue weighted by atomic mass is 10.1. The minimum atomic E-state index is -0.0806. The molecule has 0 aliphatic rings. The standard InChI is InChI=1S/C10H16N4O/c1-6(2)4-8-13-5-7(9(11)12)10(14-8)15-3/h5-6H,4H2,1-3H3,(H3,11,12). The SMILES string of the molecule is COc1nc(CC(C)C)ncc1C(=N)N. The van der Waals surface area contributed by atoms with Gasteiger partial charge in [0.05, 0.1) is 12.7 Å². The summed E-state index contributed by atoms with van der Waals surface area (Å²) in [6, 6.07) is 0. The maximum atomic E-state index is 7.31. The number of hydrogen-bond donors (Lipinski definition) is 2. The van der Waals surface area contributed by atoms with E-state index >= 15 is 0 Å². The molecular weight excluding hydrogens is 192 g/mol. The molecule has 0 spiro atoms. The van der Waals surface area contributed by atoms with Crippen molar-refractivity contribution >= 4 is 5.84 Å². The molecular formula is C10H16N4O. The predicted octanol–water partition coefficient (Wildman–Crippen LogP) is 0.968. The first-order valence-electron chi connectivity index (χ1n) is 4.79. The summed E-state index contributed by atoms with van der Waals surface area (Å²) in [7, 11) is 1.51. The van der Waals surface area contributed by atoms with Crippen molar-refractivity contribution in [3.63, 3.8) is 0 Å². The molecule has 5 heteroatoms. The summed E-state index contributed by atoms with van der Waals surface area (Å²) in [5, 5.41) is 7.31. The first kappa shape index (κ1) is 11.4. The summed E-state index contributed by atoms with van der Waals surface area (Å²) in [6.07, 6.45) is 2.32. The molecule has 0 bridgehead atoms. The Bertz CT molecular complexity index is 362. The van der Waals surface area contributed by atoms with E-state index < -0.39 is 0 Å². The quantitative estimate of drug-likeness (QED) is 0.570. The van der Waals surface area contributed by atoms with E-state index in [1.54, 1.807) is 0 Å². The molecule has 3 N–H and O–H groups in total. The van der Waals surface area contributed by atoms with E-state index in [0.717, 1.165) is 6.42 Å². The fourth-order valence-corrected chi connectivity index (χ4v) is 1.20. The molecule has 0 aliphatic carbocycles. The molecule has 0 saturated heterocycles. The highest BCUT2D eigenvalue weighted by molar-refractivity contribution is 5.96. The average Bonchev–Trinajstić information content (AvgIpc) is 2.16. The molecule has 0 aromatic carbocycles. The number of rotatable bonds is 4. The number of amidine groups is 1. The molecule has 1 aromatic rings. The Balaban J connectivity index is 3.02. The maximum Gasteiger partial charge on any atom is 0.227 e. The van der Waals surface area contributed by atoms with Gasteiger partial charge in [0.1, 0.15) is 11.7 Å². The van der Waals surface area contributed by atoms with Crippen LogP contribution in [0.1, 0.15) is 25.2 Å². The monoisotopic (exact) mass is 208 g/mol. The molecule has 82 valence electrons. The van der Waals surface area contributed by atoms with Crippen LogP contribution in [0.2, 0.25) is 0 Å². The summed E-state index contributed by atoms with van der Waals surface area (Å²) in [6.45, 7) is 4.18. The molecule has 1 heterocycles. The van der Waals surface area contributed by atoms with E-state index in [1.165, 1.54) is 13.3 Å².